The van der Waals surface area contributed by atoms with Crippen LogP contribution in [0.2, 0.25) is 0 Å². The van der Waals surface area contributed by atoms with Crippen LogP contribution < -0.4 is 11.1 Å². The van der Waals surface area contributed by atoms with Gasteiger partial charge in [0.2, 0.25) is 0 Å². The molecule has 5 heteroatoms. The highest BCUT2D eigenvalue weighted by Crippen LogP contribution is 2.09. The molecule has 0 aliphatic carbocycles. The van der Waals surface area contributed by atoms with Crippen molar-refractivity contribution in [2.24, 2.45) is 0 Å². The number of hydrogen-bond acceptors (Lipinski definition) is 2. The molecule has 0 aliphatic rings. The molecule has 0 saturated carbocycles. The lowest BCUT2D eigenvalue weighted by Gasteiger charge is -2.09. The van der Waals surface area contributed by atoms with Crippen molar-refractivity contribution in [2.45, 2.75) is 26.3 Å². The fraction of sp³-hybridized carbons (Fsp3) is 0.286. The van der Waals surface area contributed by atoms with Crippen LogP contribution >= 0.6 is 0 Å². The summed E-state index contributed by atoms with van der Waals surface area (Å²) >= 11 is 0. The topological polar surface area (TPSA) is 44.0 Å². The maximum absolute atomic E-state index is 13.6. The molecule has 0 radical (unpaired) electrons. The molecule has 0 saturated heterocycles. The number of unbranched alkanes of at least 4 members (excludes halogenated alkanes) is 1. The lowest BCUT2D eigenvalue weighted by Crippen LogP contribution is -2.40. The molecule has 2 aromatic rings. The minimum Gasteiger partial charge on any atom is -0.309 e. The van der Waals surface area contributed by atoms with Gasteiger partial charge in [-0.2, -0.15) is 0 Å². The highest BCUT2D eigenvalue weighted by Gasteiger charge is 2.09. The van der Waals surface area contributed by atoms with Crippen LogP contribution in [0, 0.1) is 5.82 Å². The number of halogens is 1. The van der Waals surface area contributed by atoms with E-state index in [2.05, 4.69) is 0 Å². The number of para-hydroxylation sites is 1. The van der Waals surface area contributed by atoms with Gasteiger partial charge < -0.3 is 4.57 Å². The van der Waals surface area contributed by atoms with E-state index in [1.54, 1.807) is 6.07 Å². The molecule has 1 aromatic heterocycles. The summed E-state index contributed by atoms with van der Waals surface area (Å²) in [6.07, 6.45) is 4.70. The first-order valence-electron chi connectivity index (χ1n) is 6.22. The van der Waals surface area contributed by atoms with Gasteiger partial charge in [-0.3, -0.25) is 14.2 Å². The summed E-state index contributed by atoms with van der Waals surface area (Å²) in [4.78, 5) is 23.9. The second kappa shape index (κ2) is 5.65. The van der Waals surface area contributed by atoms with E-state index in [9.17, 15) is 14.0 Å². The van der Waals surface area contributed by atoms with E-state index in [1.807, 2.05) is 6.92 Å². The van der Waals surface area contributed by atoms with Crippen LogP contribution in [-0.4, -0.2) is 9.13 Å². The average molecular weight is 262 g/mol. The van der Waals surface area contributed by atoms with Crippen LogP contribution in [0.5, 0.6) is 0 Å². The number of benzene rings is 1. The zero-order chi connectivity index (χ0) is 13.8. The Morgan fingerprint density at radius 1 is 1.11 bits per heavy atom. The highest BCUT2D eigenvalue weighted by atomic mass is 19.1. The monoisotopic (exact) mass is 262 g/mol. The second-order valence-corrected chi connectivity index (χ2v) is 4.28. The first-order chi connectivity index (χ1) is 9.15. The van der Waals surface area contributed by atoms with E-state index >= 15 is 0 Å². The van der Waals surface area contributed by atoms with E-state index in [-0.39, 0.29) is 5.69 Å². The second-order valence-electron chi connectivity index (χ2n) is 4.28. The Balaban J connectivity index is 2.51. The third-order valence-corrected chi connectivity index (χ3v) is 2.92. The summed E-state index contributed by atoms with van der Waals surface area (Å²) in [5.41, 5.74) is -1.27. The fourth-order valence-electron chi connectivity index (χ4n) is 1.85. The SMILES string of the molecule is CCCCn1ccn(-c2ccccc2F)c(=O)c1=O. The predicted octanol–water partition coefficient (Wildman–Crippen LogP) is 1.94. The molecular weight excluding hydrogens is 247 g/mol. The zero-order valence-electron chi connectivity index (χ0n) is 10.7. The fourth-order valence-corrected chi connectivity index (χ4v) is 1.85. The minimum atomic E-state index is -0.733. The summed E-state index contributed by atoms with van der Waals surface area (Å²) < 4.78 is 16.0. The van der Waals surface area contributed by atoms with Crippen molar-refractivity contribution in [2.75, 3.05) is 0 Å². The lowest BCUT2D eigenvalue weighted by molar-refractivity contribution is 0.589. The van der Waals surface area contributed by atoms with Gasteiger partial charge in [-0.15, -0.1) is 0 Å². The summed E-state index contributed by atoms with van der Waals surface area (Å²) in [6.45, 7) is 2.51. The summed E-state index contributed by atoms with van der Waals surface area (Å²) in [7, 11) is 0. The van der Waals surface area contributed by atoms with Gasteiger partial charge in [0.25, 0.3) is 0 Å². The van der Waals surface area contributed by atoms with Crippen LogP contribution in [0.4, 0.5) is 4.39 Å². The molecule has 0 N–H and O–H groups in total. The van der Waals surface area contributed by atoms with Crippen molar-refractivity contribution >= 4 is 0 Å². The molecule has 1 heterocycles. The number of aryl methyl sites for hydroxylation is 1. The molecule has 0 amide bonds. The standard InChI is InChI=1S/C14H15FN2O2/c1-2-3-8-16-9-10-17(14(19)13(16)18)12-7-5-4-6-11(12)15/h4-7,9-10H,2-3,8H2,1H3. The summed E-state index contributed by atoms with van der Waals surface area (Å²) in [6, 6.07) is 5.87. The normalized spacial score (nSPS) is 10.6. The van der Waals surface area contributed by atoms with Crippen molar-refractivity contribution in [3.63, 3.8) is 0 Å². The van der Waals surface area contributed by atoms with Crippen LogP contribution in [0.1, 0.15) is 19.8 Å². The minimum absolute atomic E-state index is 0.0900. The predicted molar refractivity (Wildman–Crippen MR) is 71.2 cm³/mol. The van der Waals surface area contributed by atoms with Gasteiger partial charge >= 0.3 is 11.1 Å². The van der Waals surface area contributed by atoms with Gasteiger partial charge in [-0.25, -0.2) is 4.39 Å². The van der Waals surface area contributed by atoms with Gasteiger partial charge in [0.1, 0.15) is 5.82 Å². The van der Waals surface area contributed by atoms with Gasteiger partial charge in [0, 0.05) is 18.9 Å². The molecule has 0 unspecified atom stereocenters. The van der Waals surface area contributed by atoms with Gasteiger partial charge in [0.05, 0.1) is 5.69 Å². The Labute approximate surface area is 109 Å². The molecular formula is C14H15FN2O2. The number of aromatic nitrogens is 2. The number of nitrogens with zero attached hydrogens (tertiary/aromatic N) is 2. The van der Waals surface area contributed by atoms with Crippen LogP contribution in [0.3, 0.4) is 0 Å². The van der Waals surface area contributed by atoms with Gasteiger partial charge in [-0.05, 0) is 18.6 Å². The van der Waals surface area contributed by atoms with E-state index in [0.29, 0.717) is 6.54 Å². The largest absolute Gasteiger partial charge is 0.321 e. The zero-order valence-corrected chi connectivity index (χ0v) is 10.7. The van der Waals surface area contributed by atoms with Gasteiger partial charge in [-0.1, -0.05) is 25.5 Å². The quantitative estimate of drug-likeness (QED) is 0.790. The third-order valence-electron chi connectivity index (χ3n) is 2.92. The summed E-state index contributed by atoms with van der Waals surface area (Å²) in [5.74, 6) is -0.532. The molecule has 0 spiro atoms. The Bertz CT molecular complexity index is 688. The Morgan fingerprint density at radius 2 is 1.84 bits per heavy atom. The third kappa shape index (κ3) is 2.65. The lowest BCUT2D eigenvalue weighted by atomic mass is 10.3. The molecule has 0 atom stereocenters. The highest BCUT2D eigenvalue weighted by molar-refractivity contribution is 5.33. The molecule has 0 aliphatic heterocycles. The van der Waals surface area contributed by atoms with Crippen LogP contribution in [0.25, 0.3) is 5.69 Å². The first kappa shape index (κ1) is 13.3. The smallest absolute Gasteiger partial charge is 0.309 e. The van der Waals surface area contributed by atoms with Crippen molar-refractivity contribution in [3.05, 3.63) is 63.2 Å². The Morgan fingerprint density at radius 3 is 2.53 bits per heavy atom. The van der Waals surface area contributed by atoms with Gasteiger partial charge in [0.15, 0.2) is 0 Å². The van der Waals surface area contributed by atoms with Crippen molar-refractivity contribution in [3.8, 4) is 5.69 Å². The van der Waals surface area contributed by atoms with Crippen LogP contribution in [-0.2, 0) is 6.54 Å². The molecule has 1 aromatic carbocycles. The van der Waals surface area contributed by atoms with Crippen molar-refractivity contribution in [1.82, 2.24) is 9.13 Å². The molecule has 19 heavy (non-hydrogen) atoms. The molecule has 0 bridgehead atoms. The van der Waals surface area contributed by atoms with Crippen molar-refractivity contribution in [1.29, 1.82) is 0 Å². The number of rotatable bonds is 4. The number of hydrogen-bond donors (Lipinski definition) is 0. The maximum atomic E-state index is 13.6. The van der Waals surface area contributed by atoms with E-state index in [4.69, 9.17) is 0 Å². The van der Waals surface area contributed by atoms with E-state index < -0.39 is 16.9 Å². The molecule has 100 valence electrons. The summed E-state index contributed by atoms with van der Waals surface area (Å²) in [5, 5.41) is 0. The van der Waals surface area contributed by atoms with Crippen LogP contribution in [0.15, 0.2) is 46.2 Å². The first-order valence-corrected chi connectivity index (χ1v) is 6.22. The van der Waals surface area contributed by atoms with E-state index in [1.165, 1.54) is 35.2 Å². The van der Waals surface area contributed by atoms with E-state index in [0.717, 1.165) is 17.4 Å². The Kier molecular flexibility index (Phi) is 3.94. The molecule has 4 nitrogen and oxygen atoms in total. The Hall–Kier alpha value is -2.17. The molecule has 2 rings (SSSR count). The van der Waals surface area contributed by atoms with Crippen molar-refractivity contribution < 1.29 is 4.39 Å². The average Bonchev–Trinajstić information content (AvgIpc) is 2.42. The molecule has 0 fully saturated rings. The maximum Gasteiger partial charge on any atom is 0.321 e.